The number of methoxy groups -OCH3 is 2. The molecule has 0 spiro atoms. The number of hydrogen-bond donors (Lipinski definition) is 1. The minimum absolute atomic E-state index is 0.203. The van der Waals surface area contributed by atoms with E-state index in [9.17, 15) is 4.79 Å². The summed E-state index contributed by atoms with van der Waals surface area (Å²) >= 11 is 0. The van der Waals surface area contributed by atoms with Crippen LogP contribution < -0.4 is 9.47 Å². The molecule has 0 radical (unpaired) electrons. The topological polar surface area (TPSA) is 68.9 Å². The van der Waals surface area contributed by atoms with E-state index in [1.54, 1.807) is 18.2 Å². The third-order valence-corrected chi connectivity index (χ3v) is 2.25. The highest BCUT2D eigenvalue weighted by atomic mass is 16.5. The summed E-state index contributed by atoms with van der Waals surface area (Å²) in [4.78, 5) is 10.9. The zero-order valence-electron chi connectivity index (χ0n) is 8.81. The number of aromatic carboxylic acids is 1. The van der Waals surface area contributed by atoms with E-state index in [2.05, 4.69) is 0 Å². The first-order valence-electron chi connectivity index (χ1n) is 4.55. The summed E-state index contributed by atoms with van der Waals surface area (Å²) in [5.74, 6) is -0.538. The van der Waals surface area contributed by atoms with Gasteiger partial charge in [-0.25, -0.2) is 4.79 Å². The summed E-state index contributed by atoms with van der Waals surface area (Å²) in [5.41, 5.74) is 0.425. The van der Waals surface area contributed by atoms with Crippen molar-refractivity contribution in [3.63, 3.8) is 0 Å². The minimum atomic E-state index is -1.16. The molecule has 2 aromatic rings. The Bertz CT molecular complexity index is 541. The zero-order valence-corrected chi connectivity index (χ0v) is 8.81. The molecule has 1 aromatic carbocycles. The van der Waals surface area contributed by atoms with Gasteiger partial charge in [0, 0.05) is 6.07 Å². The van der Waals surface area contributed by atoms with Gasteiger partial charge in [0.15, 0.2) is 5.75 Å². The summed E-state index contributed by atoms with van der Waals surface area (Å²) in [7, 11) is 2.93. The molecule has 0 atom stereocenters. The minimum Gasteiger partial charge on any atom is -0.497 e. The molecule has 0 saturated carbocycles. The number of fused-ring (bicyclic) bond motifs is 1. The Labute approximate surface area is 91.2 Å². The van der Waals surface area contributed by atoms with E-state index in [0.29, 0.717) is 16.7 Å². The zero-order chi connectivity index (χ0) is 11.7. The van der Waals surface area contributed by atoms with Gasteiger partial charge >= 0.3 is 5.97 Å². The lowest BCUT2D eigenvalue weighted by Crippen LogP contribution is -1.96. The van der Waals surface area contributed by atoms with Crippen LogP contribution >= 0.6 is 0 Å². The van der Waals surface area contributed by atoms with Gasteiger partial charge in [-0.2, -0.15) is 0 Å². The van der Waals surface area contributed by atoms with E-state index in [4.69, 9.17) is 19.0 Å². The lowest BCUT2D eigenvalue weighted by Gasteiger charge is -1.98. The Balaban J connectivity index is 2.71. The fraction of sp³-hybridized carbons (Fsp3) is 0.182. The number of carbonyl (C=O) groups is 1. The standard InChI is InChI=1S/C11H10O5/c1-14-6-3-4-7-8(5-6)16-10(11(12)13)9(7)15-2/h3-5H,1-2H3,(H,12,13). The predicted molar refractivity (Wildman–Crippen MR) is 56.3 cm³/mol. The van der Waals surface area contributed by atoms with Gasteiger partial charge in [0.2, 0.25) is 0 Å². The van der Waals surface area contributed by atoms with Gasteiger partial charge in [0.25, 0.3) is 5.76 Å². The number of benzene rings is 1. The maximum atomic E-state index is 10.9. The van der Waals surface area contributed by atoms with Gasteiger partial charge in [-0.15, -0.1) is 0 Å². The van der Waals surface area contributed by atoms with Gasteiger partial charge in [-0.1, -0.05) is 0 Å². The van der Waals surface area contributed by atoms with Crippen LogP contribution in [0.4, 0.5) is 0 Å². The van der Waals surface area contributed by atoms with Crippen LogP contribution in [-0.4, -0.2) is 25.3 Å². The monoisotopic (exact) mass is 222 g/mol. The molecule has 1 aromatic heterocycles. The van der Waals surface area contributed by atoms with Crippen molar-refractivity contribution in [2.45, 2.75) is 0 Å². The first-order valence-corrected chi connectivity index (χ1v) is 4.55. The number of ether oxygens (including phenoxy) is 2. The number of hydrogen-bond acceptors (Lipinski definition) is 4. The first-order chi connectivity index (χ1) is 7.67. The van der Waals surface area contributed by atoms with Gasteiger partial charge in [-0.05, 0) is 12.1 Å². The van der Waals surface area contributed by atoms with Crippen LogP contribution in [0, 0.1) is 0 Å². The molecule has 5 heteroatoms. The molecule has 1 N–H and O–H groups in total. The number of rotatable bonds is 3. The Hall–Kier alpha value is -2.17. The van der Waals surface area contributed by atoms with Crippen LogP contribution in [0.1, 0.15) is 10.6 Å². The molecule has 5 nitrogen and oxygen atoms in total. The summed E-state index contributed by atoms with van der Waals surface area (Å²) in [6.07, 6.45) is 0. The average molecular weight is 222 g/mol. The second-order valence-electron chi connectivity index (χ2n) is 3.13. The first kappa shape index (κ1) is 10.4. The highest BCUT2D eigenvalue weighted by Crippen LogP contribution is 2.34. The van der Waals surface area contributed by atoms with Crippen molar-refractivity contribution in [3.8, 4) is 11.5 Å². The largest absolute Gasteiger partial charge is 0.497 e. The van der Waals surface area contributed by atoms with Crippen LogP contribution in [0.25, 0.3) is 11.0 Å². The van der Waals surface area contributed by atoms with E-state index >= 15 is 0 Å². The molecule has 2 rings (SSSR count). The fourth-order valence-electron chi connectivity index (χ4n) is 1.52. The van der Waals surface area contributed by atoms with Crippen LogP contribution in [0.3, 0.4) is 0 Å². The van der Waals surface area contributed by atoms with E-state index in [1.807, 2.05) is 0 Å². The smallest absolute Gasteiger partial charge is 0.375 e. The molecule has 0 unspecified atom stereocenters. The molecule has 0 aliphatic heterocycles. The highest BCUT2D eigenvalue weighted by Gasteiger charge is 2.20. The van der Waals surface area contributed by atoms with Crippen molar-refractivity contribution in [1.29, 1.82) is 0 Å². The molecule has 0 saturated heterocycles. The molecular weight excluding hydrogens is 212 g/mol. The summed E-state index contributed by atoms with van der Waals surface area (Å²) in [6.45, 7) is 0. The van der Waals surface area contributed by atoms with Crippen molar-refractivity contribution in [2.75, 3.05) is 14.2 Å². The van der Waals surface area contributed by atoms with E-state index < -0.39 is 5.97 Å². The van der Waals surface area contributed by atoms with Crippen molar-refractivity contribution >= 4 is 16.9 Å². The quantitative estimate of drug-likeness (QED) is 0.861. The SMILES string of the molecule is COc1ccc2c(OC)c(C(=O)O)oc2c1. The number of carboxylic acids is 1. The lowest BCUT2D eigenvalue weighted by molar-refractivity contribution is 0.0660. The molecular formula is C11H10O5. The molecule has 0 aliphatic rings. The van der Waals surface area contributed by atoms with E-state index in [-0.39, 0.29) is 11.5 Å². The van der Waals surface area contributed by atoms with Crippen LogP contribution in [0.15, 0.2) is 22.6 Å². The lowest BCUT2D eigenvalue weighted by atomic mass is 10.2. The molecule has 0 aliphatic carbocycles. The Morgan fingerprint density at radius 2 is 2.06 bits per heavy atom. The van der Waals surface area contributed by atoms with Crippen molar-refractivity contribution in [3.05, 3.63) is 24.0 Å². The average Bonchev–Trinajstić information content (AvgIpc) is 2.66. The summed E-state index contributed by atoms with van der Waals surface area (Å²) < 4.78 is 15.2. The number of carboxylic acid groups (broad SMARTS) is 1. The molecule has 0 fully saturated rings. The second-order valence-corrected chi connectivity index (χ2v) is 3.13. The van der Waals surface area contributed by atoms with Crippen molar-refractivity contribution in [2.24, 2.45) is 0 Å². The summed E-state index contributed by atoms with van der Waals surface area (Å²) in [6, 6.07) is 5.03. The van der Waals surface area contributed by atoms with Gasteiger partial charge < -0.3 is 19.0 Å². The maximum Gasteiger partial charge on any atom is 0.375 e. The van der Waals surface area contributed by atoms with E-state index in [1.165, 1.54) is 14.2 Å². The Kier molecular flexibility index (Phi) is 2.44. The van der Waals surface area contributed by atoms with Crippen LogP contribution in [0.5, 0.6) is 11.5 Å². The second kappa shape index (κ2) is 3.77. The highest BCUT2D eigenvalue weighted by molar-refractivity contribution is 5.98. The van der Waals surface area contributed by atoms with E-state index in [0.717, 1.165) is 0 Å². The Morgan fingerprint density at radius 1 is 1.31 bits per heavy atom. The maximum absolute atomic E-state index is 10.9. The summed E-state index contributed by atoms with van der Waals surface area (Å²) in [5, 5.41) is 9.53. The van der Waals surface area contributed by atoms with Gasteiger partial charge in [-0.3, -0.25) is 0 Å². The molecule has 16 heavy (non-hydrogen) atoms. The van der Waals surface area contributed by atoms with Crippen molar-refractivity contribution < 1.29 is 23.8 Å². The van der Waals surface area contributed by atoms with Crippen LogP contribution in [-0.2, 0) is 0 Å². The molecule has 0 bridgehead atoms. The molecule has 1 heterocycles. The third kappa shape index (κ3) is 1.46. The fourth-order valence-corrected chi connectivity index (χ4v) is 1.52. The number of furan rings is 1. The van der Waals surface area contributed by atoms with Gasteiger partial charge in [0.1, 0.15) is 11.3 Å². The van der Waals surface area contributed by atoms with Crippen molar-refractivity contribution in [1.82, 2.24) is 0 Å². The van der Waals surface area contributed by atoms with Gasteiger partial charge in [0.05, 0.1) is 19.6 Å². The van der Waals surface area contributed by atoms with Crippen LogP contribution in [0.2, 0.25) is 0 Å². The Morgan fingerprint density at radius 3 is 2.62 bits per heavy atom. The predicted octanol–water partition coefficient (Wildman–Crippen LogP) is 2.15. The molecule has 84 valence electrons. The third-order valence-electron chi connectivity index (χ3n) is 2.25. The molecule has 0 amide bonds. The normalized spacial score (nSPS) is 10.4.